The van der Waals surface area contributed by atoms with E-state index in [9.17, 15) is 14.7 Å². The van der Waals surface area contributed by atoms with Gasteiger partial charge in [-0.25, -0.2) is 9.59 Å². The standard InChI is InChI=1S/C21H29N3O5/c1-4-29-20(26)18-15(13-24-10-6-5-7-11-24)23(2)21(27)22-19(18)14-8-9-16(25)17(12-14)28-3/h8-9,12,19,25H,4-7,10-11,13H2,1-3H3,(H,22,27)/t19-/m1/s1. The summed E-state index contributed by atoms with van der Waals surface area (Å²) < 4.78 is 10.5. The van der Waals surface area contributed by atoms with Crippen LogP contribution in [-0.4, -0.2) is 67.3 Å². The molecule has 158 valence electrons. The molecule has 0 saturated carbocycles. The number of carbonyl (C=O) groups excluding carboxylic acids is 2. The van der Waals surface area contributed by atoms with Crippen molar-refractivity contribution in [2.24, 2.45) is 0 Å². The van der Waals surface area contributed by atoms with Crippen molar-refractivity contribution in [3.63, 3.8) is 0 Å². The third-order valence-corrected chi connectivity index (χ3v) is 5.43. The number of hydrogen-bond acceptors (Lipinski definition) is 6. The molecule has 2 N–H and O–H groups in total. The van der Waals surface area contributed by atoms with E-state index in [1.54, 1.807) is 26.1 Å². The molecule has 8 nitrogen and oxygen atoms in total. The summed E-state index contributed by atoms with van der Waals surface area (Å²) in [5.41, 5.74) is 1.69. The highest BCUT2D eigenvalue weighted by atomic mass is 16.5. The molecule has 8 heteroatoms. The zero-order valence-electron chi connectivity index (χ0n) is 17.2. The van der Waals surface area contributed by atoms with Crippen LogP contribution in [0.25, 0.3) is 0 Å². The fourth-order valence-electron chi connectivity index (χ4n) is 3.85. The Hall–Kier alpha value is -2.74. The maximum absolute atomic E-state index is 13.0. The predicted molar refractivity (Wildman–Crippen MR) is 108 cm³/mol. The number of phenolic OH excluding ortho intramolecular Hbond substituents is 1. The third kappa shape index (κ3) is 4.48. The average molecular weight is 403 g/mol. The Kier molecular flexibility index (Phi) is 6.64. The zero-order valence-corrected chi connectivity index (χ0v) is 17.2. The Morgan fingerprint density at radius 1 is 1.28 bits per heavy atom. The number of benzene rings is 1. The van der Waals surface area contributed by atoms with E-state index >= 15 is 0 Å². The number of methoxy groups -OCH3 is 1. The first kappa shape index (κ1) is 21.0. The number of aromatic hydroxyl groups is 1. The molecule has 2 amide bonds. The van der Waals surface area contributed by atoms with E-state index in [1.807, 2.05) is 0 Å². The summed E-state index contributed by atoms with van der Waals surface area (Å²) in [6.45, 7) is 4.37. The molecule has 0 radical (unpaired) electrons. The number of urea groups is 1. The van der Waals surface area contributed by atoms with Gasteiger partial charge in [-0.2, -0.15) is 0 Å². The molecule has 1 fully saturated rings. The fourth-order valence-corrected chi connectivity index (χ4v) is 3.85. The molecule has 1 atom stereocenters. The van der Waals surface area contributed by atoms with Crippen molar-refractivity contribution in [1.29, 1.82) is 0 Å². The SMILES string of the molecule is CCOC(=O)C1=C(CN2CCCCC2)N(C)C(=O)N[C@@H]1c1ccc(O)c(OC)c1. The van der Waals surface area contributed by atoms with Crippen molar-refractivity contribution in [2.45, 2.75) is 32.2 Å². The number of likely N-dealkylation sites (tertiary alicyclic amines) is 1. The Bertz CT molecular complexity index is 802. The van der Waals surface area contributed by atoms with E-state index in [2.05, 4.69) is 10.2 Å². The van der Waals surface area contributed by atoms with Crippen LogP contribution < -0.4 is 10.1 Å². The molecule has 3 rings (SSSR count). The smallest absolute Gasteiger partial charge is 0.338 e. The number of likely N-dealkylation sites (N-methyl/N-ethyl adjacent to an activating group) is 1. The predicted octanol–water partition coefficient (Wildman–Crippen LogP) is 2.40. The molecule has 2 aliphatic heterocycles. The van der Waals surface area contributed by atoms with Crippen molar-refractivity contribution < 1.29 is 24.2 Å². The number of ether oxygens (including phenoxy) is 2. The Morgan fingerprint density at radius 2 is 2.00 bits per heavy atom. The number of esters is 1. The van der Waals surface area contributed by atoms with Crippen molar-refractivity contribution in [3.05, 3.63) is 35.0 Å². The molecule has 2 aliphatic rings. The molecular formula is C21H29N3O5. The van der Waals surface area contributed by atoms with Gasteiger partial charge in [0.2, 0.25) is 0 Å². The van der Waals surface area contributed by atoms with E-state index in [4.69, 9.17) is 9.47 Å². The number of nitrogens with one attached hydrogen (secondary N) is 1. The zero-order chi connectivity index (χ0) is 21.0. The van der Waals surface area contributed by atoms with E-state index in [0.717, 1.165) is 25.9 Å². The molecule has 2 heterocycles. The van der Waals surface area contributed by atoms with Gasteiger partial charge in [-0.05, 0) is 50.6 Å². The minimum atomic E-state index is -0.688. The number of piperidine rings is 1. The first-order chi connectivity index (χ1) is 14.0. The van der Waals surface area contributed by atoms with Gasteiger partial charge in [-0.15, -0.1) is 0 Å². The lowest BCUT2D eigenvalue weighted by Crippen LogP contribution is -2.49. The van der Waals surface area contributed by atoms with Gasteiger partial charge in [-0.3, -0.25) is 9.80 Å². The summed E-state index contributed by atoms with van der Waals surface area (Å²) in [5, 5.41) is 12.8. The van der Waals surface area contributed by atoms with Crippen molar-refractivity contribution in [1.82, 2.24) is 15.1 Å². The summed E-state index contributed by atoms with van der Waals surface area (Å²) in [7, 11) is 3.12. The van der Waals surface area contributed by atoms with Crippen LogP contribution in [0.15, 0.2) is 29.5 Å². The second kappa shape index (κ2) is 9.17. The Balaban J connectivity index is 2.07. The first-order valence-corrected chi connectivity index (χ1v) is 9.99. The number of hydrogen-bond donors (Lipinski definition) is 2. The molecule has 1 saturated heterocycles. The third-order valence-electron chi connectivity index (χ3n) is 5.43. The lowest BCUT2D eigenvalue weighted by atomic mass is 9.93. The number of rotatable bonds is 6. The largest absolute Gasteiger partial charge is 0.504 e. The van der Waals surface area contributed by atoms with Gasteiger partial charge >= 0.3 is 12.0 Å². The van der Waals surface area contributed by atoms with E-state index in [0.29, 0.717) is 23.4 Å². The maximum atomic E-state index is 13.0. The lowest BCUT2D eigenvalue weighted by molar-refractivity contribution is -0.139. The van der Waals surface area contributed by atoms with E-state index < -0.39 is 12.0 Å². The minimum absolute atomic E-state index is 0.00860. The van der Waals surface area contributed by atoms with Gasteiger partial charge < -0.3 is 19.9 Å². The second-order valence-corrected chi connectivity index (χ2v) is 7.29. The van der Waals surface area contributed by atoms with E-state index in [1.165, 1.54) is 24.5 Å². The van der Waals surface area contributed by atoms with Gasteiger partial charge in [0.1, 0.15) is 0 Å². The average Bonchev–Trinajstić information content (AvgIpc) is 2.72. The normalized spacial score (nSPS) is 20.4. The summed E-state index contributed by atoms with van der Waals surface area (Å²) in [5.74, 6) is -0.189. The van der Waals surface area contributed by atoms with Gasteiger partial charge in [0.15, 0.2) is 11.5 Å². The first-order valence-electron chi connectivity index (χ1n) is 9.99. The molecule has 1 aromatic rings. The topological polar surface area (TPSA) is 91.3 Å². The van der Waals surface area contributed by atoms with Crippen LogP contribution in [0.3, 0.4) is 0 Å². The molecule has 0 unspecified atom stereocenters. The van der Waals surface area contributed by atoms with Crippen LogP contribution in [0.5, 0.6) is 11.5 Å². The Labute approximate surface area is 171 Å². The van der Waals surface area contributed by atoms with Crippen molar-refractivity contribution in [3.8, 4) is 11.5 Å². The molecule has 0 bridgehead atoms. The summed E-state index contributed by atoms with van der Waals surface area (Å²) in [6.07, 6.45) is 3.42. The van der Waals surface area contributed by atoms with Crippen molar-refractivity contribution in [2.75, 3.05) is 40.4 Å². The Morgan fingerprint density at radius 3 is 2.66 bits per heavy atom. The van der Waals surface area contributed by atoms with Gasteiger partial charge in [0.25, 0.3) is 0 Å². The summed E-state index contributed by atoms with van der Waals surface area (Å²) >= 11 is 0. The summed E-state index contributed by atoms with van der Waals surface area (Å²) in [4.78, 5) is 29.4. The molecule has 0 spiro atoms. The van der Waals surface area contributed by atoms with Crippen LogP contribution >= 0.6 is 0 Å². The molecule has 1 aromatic carbocycles. The molecule has 0 aromatic heterocycles. The summed E-state index contributed by atoms with van der Waals surface area (Å²) in [6, 6.07) is 3.81. The number of nitrogens with zero attached hydrogens (tertiary/aromatic N) is 2. The van der Waals surface area contributed by atoms with Gasteiger partial charge in [0.05, 0.1) is 25.3 Å². The molecular weight excluding hydrogens is 374 g/mol. The highest BCUT2D eigenvalue weighted by Crippen LogP contribution is 2.35. The number of amides is 2. The molecule has 0 aliphatic carbocycles. The monoisotopic (exact) mass is 403 g/mol. The van der Waals surface area contributed by atoms with E-state index in [-0.39, 0.29) is 24.1 Å². The number of phenols is 1. The maximum Gasteiger partial charge on any atom is 0.338 e. The van der Waals surface area contributed by atoms with Gasteiger partial charge in [-0.1, -0.05) is 12.5 Å². The quantitative estimate of drug-likeness (QED) is 0.709. The highest BCUT2D eigenvalue weighted by Gasteiger charge is 2.37. The lowest BCUT2D eigenvalue weighted by Gasteiger charge is -2.37. The van der Waals surface area contributed by atoms with Crippen LogP contribution in [-0.2, 0) is 9.53 Å². The number of carbonyl (C=O) groups is 2. The molecule has 29 heavy (non-hydrogen) atoms. The fraction of sp³-hybridized carbons (Fsp3) is 0.524. The highest BCUT2D eigenvalue weighted by molar-refractivity contribution is 5.95. The van der Waals surface area contributed by atoms with Crippen molar-refractivity contribution >= 4 is 12.0 Å². The van der Waals surface area contributed by atoms with Crippen LogP contribution in [0.2, 0.25) is 0 Å². The second-order valence-electron chi connectivity index (χ2n) is 7.29. The van der Waals surface area contributed by atoms with Gasteiger partial charge in [0, 0.05) is 19.3 Å². The minimum Gasteiger partial charge on any atom is -0.504 e. The van der Waals surface area contributed by atoms with Crippen LogP contribution in [0.1, 0.15) is 37.8 Å². The van der Waals surface area contributed by atoms with Crippen LogP contribution in [0.4, 0.5) is 4.79 Å². The van der Waals surface area contributed by atoms with Crippen LogP contribution in [0, 0.1) is 0 Å².